The smallest absolute Gasteiger partial charge is 0.119 e. The van der Waals surface area contributed by atoms with Crippen molar-refractivity contribution in [3.8, 4) is 5.75 Å². The molecule has 2 rings (SSSR count). The van der Waals surface area contributed by atoms with Crippen LogP contribution in [0.3, 0.4) is 0 Å². The molecule has 1 fully saturated rings. The molecule has 0 amide bonds. The number of benzene rings is 1. The molecule has 0 spiro atoms. The summed E-state index contributed by atoms with van der Waals surface area (Å²) in [5.41, 5.74) is 1.40. The van der Waals surface area contributed by atoms with Crippen LogP contribution in [0.15, 0.2) is 24.3 Å². The monoisotopic (exact) mass is 291 g/mol. The van der Waals surface area contributed by atoms with E-state index in [4.69, 9.17) is 9.47 Å². The highest BCUT2D eigenvalue weighted by atomic mass is 16.5. The molecule has 118 valence electrons. The fourth-order valence-electron chi connectivity index (χ4n) is 3.04. The van der Waals surface area contributed by atoms with Gasteiger partial charge in [0, 0.05) is 13.2 Å². The highest BCUT2D eigenvalue weighted by Crippen LogP contribution is 2.42. The number of hydrogen-bond donors (Lipinski definition) is 1. The molecule has 1 aromatic rings. The Hall–Kier alpha value is -1.06. The van der Waals surface area contributed by atoms with E-state index in [-0.39, 0.29) is 11.7 Å². The normalized spacial score (nSPS) is 18.3. The van der Waals surface area contributed by atoms with Gasteiger partial charge in [-0.15, -0.1) is 0 Å². The molecule has 21 heavy (non-hydrogen) atoms. The van der Waals surface area contributed by atoms with Gasteiger partial charge in [0.1, 0.15) is 5.75 Å². The first-order chi connectivity index (χ1) is 10.1. The second kappa shape index (κ2) is 7.28. The number of ether oxygens (including phenoxy) is 2. The van der Waals surface area contributed by atoms with Crippen LogP contribution in [0.1, 0.15) is 58.1 Å². The highest BCUT2D eigenvalue weighted by Gasteiger charge is 2.39. The molecule has 1 aliphatic rings. The Morgan fingerprint density at radius 3 is 2.29 bits per heavy atom. The van der Waals surface area contributed by atoms with Crippen LogP contribution in [-0.4, -0.2) is 25.4 Å². The molecular formula is C18H29NO2. The predicted octanol–water partition coefficient (Wildman–Crippen LogP) is 4.08. The molecule has 1 N–H and O–H groups in total. The van der Waals surface area contributed by atoms with Gasteiger partial charge in [0.15, 0.2) is 0 Å². The van der Waals surface area contributed by atoms with Gasteiger partial charge in [0.05, 0.1) is 11.7 Å². The van der Waals surface area contributed by atoms with Crippen LogP contribution in [0.5, 0.6) is 5.75 Å². The second-order valence-electron chi connectivity index (χ2n) is 6.29. The lowest BCUT2D eigenvalue weighted by Gasteiger charge is -2.43. The van der Waals surface area contributed by atoms with Gasteiger partial charge in [-0.05, 0) is 63.8 Å². The summed E-state index contributed by atoms with van der Waals surface area (Å²) in [5.74, 6) is 0.939. The molecule has 1 aromatic carbocycles. The van der Waals surface area contributed by atoms with Gasteiger partial charge in [-0.1, -0.05) is 19.1 Å². The number of methoxy groups -OCH3 is 1. The molecule has 3 nitrogen and oxygen atoms in total. The van der Waals surface area contributed by atoms with Crippen molar-refractivity contribution in [1.29, 1.82) is 0 Å². The standard InChI is InChI=1S/C18H29NO2/c1-5-19-17(13-18(20-4)11-6-12-18)15-7-9-16(10-8-15)21-14(2)3/h7-10,14,17,19H,5-6,11-13H2,1-4H3. The Kier molecular flexibility index (Phi) is 5.65. The van der Waals surface area contributed by atoms with Crippen LogP contribution in [-0.2, 0) is 4.74 Å². The third-order valence-corrected chi connectivity index (χ3v) is 4.38. The van der Waals surface area contributed by atoms with Gasteiger partial charge in [0.25, 0.3) is 0 Å². The van der Waals surface area contributed by atoms with Crippen LogP contribution >= 0.6 is 0 Å². The van der Waals surface area contributed by atoms with Gasteiger partial charge in [-0.3, -0.25) is 0 Å². The van der Waals surface area contributed by atoms with E-state index in [2.05, 4.69) is 36.5 Å². The molecule has 1 aliphatic carbocycles. The molecule has 0 aliphatic heterocycles. The summed E-state index contributed by atoms with van der Waals surface area (Å²) in [4.78, 5) is 0. The first kappa shape index (κ1) is 16.3. The first-order valence-electron chi connectivity index (χ1n) is 8.14. The Morgan fingerprint density at radius 2 is 1.86 bits per heavy atom. The van der Waals surface area contributed by atoms with Crippen molar-refractivity contribution in [2.75, 3.05) is 13.7 Å². The summed E-state index contributed by atoms with van der Waals surface area (Å²) in [6.45, 7) is 7.22. The maximum absolute atomic E-state index is 5.78. The summed E-state index contributed by atoms with van der Waals surface area (Å²) in [6, 6.07) is 8.84. The van der Waals surface area contributed by atoms with E-state index in [0.29, 0.717) is 6.04 Å². The molecule has 0 aromatic heterocycles. The highest BCUT2D eigenvalue weighted by molar-refractivity contribution is 5.29. The van der Waals surface area contributed by atoms with Crippen molar-refractivity contribution in [1.82, 2.24) is 5.32 Å². The zero-order valence-electron chi connectivity index (χ0n) is 13.8. The minimum absolute atomic E-state index is 0.0833. The van der Waals surface area contributed by atoms with Gasteiger partial charge in [-0.25, -0.2) is 0 Å². The van der Waals surface area contributed by atoms with Gasteiger partial charge < -0.3 is 14.8 Å². The third kappa shape index (κ3) is 4.21. The SMILES string of the molecule is CCNC(CC1(OC)CCC1)c1ccc(OC(C)C)cc1. The summed E-state index contributed by atoms with van der Waals surface area (Å²) >= 11 is 0. The molecule has 1 atom stereocenters. The quantitative estimate of drug-likeness (QED) is 0.782. The zero-order valence-corrected chi connectivity index (χ0v) is 13.8. The molecule has 1 saturated carbocycles. The van der Waals surface area contributed by atoms with E-state index < -0.39 is 0 Å². The van der Waals surface area contributed by atoms with Crippen molar-refractivity contribution in [3.05, 3.63) is 29.8 Å². The lowest BCUT2D eigenvalue weighted by molar-refractivity contribution is -0.0837. The van der Waals surface area contributed by atoms with Crippen molar-refractivity contribution in [2.45, 2.75) is 64.2 Å². The zero-order chi connectivity index (χ0) is 15.3. The lowest BCUT2D eigenvalue weighted by Crippen LogP contribution is -2.42. The summed E-state index contributed by atoms with van der Waals surface area (Å²) in [5, 5.41) is 3.60. The molecule has 0 heterocycles. The minimum Gasteiger partial charge on any atom is -0.491 e. The maximum Gasteiger partial charge on any atom is 0.119 e. The van der Waals surface area contributed by atoms with Crippen LogP contribution in [0, 0.1) is 0 Å². The van der Waals surface area contributed by atoms with E-state index in [1.54, 1.807) is 0 Å². The minimum atomic E-state index is 0.0833. The van der Waals surface area contributed by atoms with Crippen molar-refractivity contribution >= 4 is 0 Å². The molecule has 0 saturated heterocycles. The van der Waals surface area contributed by atoms with Crippen molar-refractivity contribution in [2.24, 2.45) is 0 Å². The van der Waals surface area contributed by atoms with E-state index in [1.807, 2.05) is 21.0 Å². The summed E-state index contributed by atoms with van der Waals surface area (Å²) < 4.78 is 11.5. The predicted molar refractivity (Wildman–Crippen MR) is 86.8 cm³/mol. The van der Waals surface area contributed by atoms with Crippen molar-refractivity contribution < 1.29 is 9.47 Å². The van der Waals surface area contributed by atoms with Crippen LogP contribution in [0.4, 0.5) is 0 Å². The Bertz CT molecular complexity index is 418. The van der Waals surface area contributed by atoms with Crippen LogP contribution in [0.2, 0.25) is 0 Å². The van der Waals surface area contributed by atoms with E-state index in [9.17, 15) is 0 Å². The van der Waals surface area contributed by atoms with Gasteiger partial charge >= 0.3 is 0 Å². The lowest BCUT2D eigenvalue weighted by atomic mass is 9.74. The van der Waals surface area contributed by atoms with Crippen molar-refractivity contribution in [3.63, 3.8) is 0 Å². The van der Waals surface area contributed by atoms with Gasteiger partial charge in [0.2, 0.25) is 0 Å². The Morgan fingerprint density at radius 1 is 1.19 bits per heavy atom. The van der Waals surface area contributed by atoms with Crippen LogP contribution in [0.25, 0.3) is 0 Å². The number of rotatable bonds is 8. The molecular weight excluding hydrogens is 262 g/mol. The molecule has 3 heteroatoms. The third-order valence-electron chi connectivity index (χ3n) is 4.38. The van der Waals surface area contributed by atoms with Crippen LogP contribution < -0.4 is 10.1 Å². The fourth-order valence-corrected chi connectivity index (χ4v) is 3.04. The number of hydrogen-bond acceptors (Lipinski definition) is 3. The first-order valence-corrected chi connectivity index (χ1v) is 8.14. The molecule has 0 bridgehead atoms. The van der Waals surface area contributed by atoms with Gasteiger partial charge in [-0.2, -0.15) is 0 Å². The average Bonchev–Trinajstić information content (AvgIpc) is 2.42. The molecule has 1 unspecified atom stereocenters. The fraction of sp³-hybridized carbons (Fsp3) is 0.667. The maximum atomic E-state index is 5.78. The second-order valence-corrected chi connectivity index (χ2v) is 6.29. The molecule has 0 radical (unpaired) electrons. The Labute approximate surface area is 129 Å². The summed E-state index contributed by atoms with van der Waals surface area (Å²) in [7, 11) is 1.85. The van der Waals surface area contributed by atoms with E-state index in [0.717, 1.165) is 18.7 Å². The Balaban J connectivity index is 2.06. The van der Waals surface area contributed by atoms with E-state index in [1.165, 1.54) is 24.8 Å². The number of nitrogens with one attached hydrogen (secondary N) is 1. The average molecular weight is 291 g/mol. The largest absolute Gasteiger partial charge is 0.491 e. The van der Waals surface area contributed by atoms with E-state index >= 15 is 0 Å². The summed E-state index contributed by atoms with van der Waals surface area (Å²) in [6.07, 6.45) is 4.90. The topological polar surface area (TPSA) is 30.5 Å².